The number of hydrogen-bond donors (Lipinski definition) is 1. The van der Waals surface area contributed by atoms with Crippen LogP contribution >= 0.6 is 0 Å². The van der Waals surface area contributed by atoms with E-state index in [-0.39, 0.29) is 5.54 Å². The molecular formula is C19H22AsN3. The van der Waals surface area contributed by atoms with Crippen LogP contribution in [-0.2, 0) is 12.0 Å². The van der Waals surface area contributed by atoms with Gasteiger partial charge in [0.1, 0.15) is 0 Å². The van der Waals surface area contributed by atoms with Gasteiger partial charge in [-0.1, -0.05) is 0 Å². The van der Waals surface area contributed by atoms with Crippen molar-refractivity contribution in [1.82, 2.24) is 15.2 Å². The third-order valence-corrected chi connectivity index (χ3v) is 6.63. The van der Waals surface area contributed by atoms with E-state index < -0.39 is 0 Å². The SMILES string of the molecule is Cc1ccc(C2(N3CCNCC3)Cc3ccccc3C2=[AsH])cn1. The Morgan fingerprint density at radius 3 is 2.61 bits per heavy atom. The number of benzene rings is 1. The van der Waals surface area contributed by atoms with Gasteiger partial charge in [-0.05, 0) is 0 Å². The van der Waals surface area contributed by atoms with E-state index >= 15 is 0 Å². The summed E-state index contributed by atoms with van der Waals surface area (Å²) >= 11 is 2.31. The fraction of sp³-hybridized carbons (Fsp3) is 0.368. The summed E-state index contributed by atoms with van der Waals surface area (Å²) < 4.78 is 1.47. The molecule has 1 fully saturated rings. The number of pyridine rings is 1. The van der Waals surface area contributed by atoms with Gasteiger partial charge in [0.05, 0.1) is 0 Å². The third kappa shape index (κ3) is 2.42. The molecule has 0 saturated carbocycles. The summed E-state index contributed by atoms with van der Waals surface area (Å²) in [6.45, 7) is 6.34. The van der Waals surface area contributed by atoms with E-state index in [4.69, 9.17) is 0 Å². The van der Waals surface area contributed by atoms with E-state index in [9.17, 15) is 0 Å². The molecule has 0 radical (unpaired) electrons. The summed E-state index contributed by atoms with van der Waals surface area (Å²) in [6.07, 6.45) is 3.15. The topological polar surface area (TPSA) is 28.2 Å². The van der Waals surface area contributed by atoms with Crippen LogP contribution in [0.25, 0.3) is 0 Å². The second kappa shape index (κ2) is 5.97. The molecule has 3 nitrogen and oxygen atoms in total. The second-order valence-electron chi connectivity index (χ2n) is 6.49. The summed E-state index contributed by atoms with van der Waals surface area (Å²) in [5.41, 5.74) is 5.26. The first-order chi connectivity index (χ1) is 11.2. The minimum atomic E-state index is -0.0352. The Bertz CT molecular complexity index is 735. The van der Waals surface area contributed by atoms with E-state index in [1.54, 1.807) is 0 Å². The van der Waals surface area contributed by atoms with Crippen molar-refractivity contribution in [2.75, 3.05) is 26.2 Å². The molecule has 1 aromatic heterocycles. The molecule has 0 bridgehead atoms. The normalized spacial score (nSPS) is 24.7. The number of rotatable bonds is 2. The molecular weight excluding hydrogens is 345 g/mol. The van der Waals surface area contributed by atoms with Gasteiger partial charge in [-0.15, -0.1) is 0 Å². The Morgan fingerprint density at radius 2 is 1.91 bits per heavy atom. The molecule has 1 aliphatic carbocycles. The molecule has 1 unspecified atom stereocenters. The molecule has 1 aliphatic heterocycles. The Labute approximate surface area is 146 Å². The number of nitrogens with one attached hydrogen (secondary N) is 1. The zero-order valence-electron chi connectivity index (χ0n) is 13.5. The summed E-state index contributed by atoms with van der Waals surface area (Å²) in [7, 11) is 0. The number of aromatic nitrogens is 1. The fourth-order valence-corrected chi connectivity index (χ4v) is 5.29. The molecule has 23 heavy (non-hydrogen) atoms. The van der Waals surface area contributed by atoms with Crippen LogP contribution in [0.5, 0.6) is 0 Å². The Morgan fingerprint density at radius 1 is 1.13 bits per heavy atom. The van der Waals surface area contributed by atoms with Crippen LogP contribution in [0.3, 0.4) is 0 Å². The predicted octanol–water partition coefficient (Wildman–Crippen LogP) is 1.17. The maximum atomic E-state index is 4.61. The van der Waals surface area contributed by atoms with Crippen LogP contribution < -0.4 is 5.32 Å². The van der Waals surface area contributed by atoms with Crippen molar-refractivity contribution >= 4 is 20.7 Å². The van der Waals surface area contributed by atoms with Crippen molar-refractivity contribution < 1.29 is 0 Å². The maximum absolute atomic E-state index is 4.61. The second-order valence-corrected chi connectivity index (χ2v) is 7.54. The number of fused-ring (bicyclic) bond motifs is 1. The number of hydrogen-bond acceptors (Lipinski definition) is 3. The summed E-state index contributed by atoms with van der Waals surface area (Å²) in [5.74, 6) is 0. The van der Waals surface area contributed by atoms with Gasteiger partial charge in [0.2, 0.25) is 0 Å². The number of aryl methyl sites for hydroxylation is 1. The van der Waals surface area contributed by atoms with Gasteiger partial charge in [-0.3, -0.25) is 0 Å². The van der Waals surface area contributed by atoms with Crippen molar-refractivity contribution in [2.45, 2.75) is 18.9 Å². The van der Waals surface area contributed by atoms with Crippen molar-refractivity contribution in [1.29, 1.82) is 0 Å². The molecule has 1 saturated heterocycles. The molecule has 0 spiro atoms. The van der Waals surface area contributed by atoms with Crippen molar-refractivity contribution in [2.24, 2.45) is 0 Å². The average molecular weight is 367 g/mol. The van der Waals surface area contributed by atoms with E-state index in [1.165, 1.54) is 21.0 Å². The monoisotopic (exact) mass is 367 g/mol. The van der Waals surface area contributed by atoms with Crippen LogP contribution in [0.15, 0.2) is 42.6 Å². The quantitative estimate of drug-likeness (QED) is 0.808. The fourth-order valence-electron chi connectivity index (χ4n) is 3.96. The van der Waals surface area contributed by atoms with Gasteiger partial charge in [-0.25, -0.2) is 0 Å². The van der Waals surface area contributed by atoms with Crippen LogP contribution in [0.1, 0.15) is 22.4 Å². The van der Waals surface area contributed by atoms with E-state index in [0.29, 0.717) is 0 Å². The van der Waals surface area contributed by atoms with Crippen LogP contribution in [-0.4, -0.2) is 56.8 Å². The van der Waals surface area contributed by atoms with E-state index in [2.05, 4.69) is 81.1 Å². The molecule has 0 amide bonds. The van der Waals surface area contributed by atoms with Gasteiger partial charge in [0.15, 0.2) is 0 Å². The Hall–Kier alpha value is -1.28. The zero-order chi connectivity index (χ0) is 15.9. The molecule has 2 aliphatic rings. The van der Waals surface area contributed by atoms with Gasteiger partial charge < -0.3 is 0 Å². The van der Waals surface area contributed by atoms with Gasteiger partial charge in [-0.2, -0.15) is 0 Å². The van der Waals surface area contributed by atoms with E-state index in [1.807, 2.05) is 0 Å². The standard InChI is InChI=1S/C19H22AsN3/c1-14-6-7-16(13-22-14)19(23-10-8-21-9-11-23)12-15-4-2-3-5-17(15)18(19)20/h2-7,13,20-21H,8-12H2,1H3. The van der Waals surface area contributed by atoms with Gasteiger partial charge >= 0.3 is 146 Å². The number of piperazine rings is 1. The zero-order valence-corrected chi connectivity index (χ0v) is 15.6. The van der Waals surface area contributed by atoms with Crippen LogP contribution in [0, 0.1) is 6.92 Å². The number of nitrogens with zero attached hydrogens (tertiary/aromatic N) is 2. The third-order valence-electron chi connectivity index (χ3n) is 5.19. The Kier molecular flexibility index (Phi) is 3.96. The van der Waals surface area contributed by atoms with Crippen molar-refractivity contribution in [3.8, 4) is 0 Å². The first kappa shape index (κ1) is 15.3. The average Bonchev–Trinajstić information content (AvgIpc) is 2.91. The van der Waals surface area contributed by atoms with Gasteiger partial charge in [0.25, 0.3) is 0 Å². The molecule has 118 valence electrons. The van der Waals surface area contributed by atoms with Crippen molar-refractivity contribution in [3.05, 3.63) is 65.0 Å². The predicted molar refractivity (Wildman–Crippen MR) is 96.5 cm³/mol. The van der Waals surface area contributed by atoms with E-state index in [0.717, 1.165) is 38.3 Å². The molecule has 1 atom stereocenters. The minimum absolute atomic E-state index is 0.0352. The first-order valence-corrected chi connectivity index (χ1v) is 9.33. The summed E-state index contributed by atoms with van der Waals surface area (Å²) in [6, 6.07) is 13.3. The molecule has 1 N–H and O–H groups in total. The molecule has 2 heterocycles. The Balaban J connectivity index is 1.86. The van der Waals surface area contributed by atoms with Gasteiger partial charge in [0, 0.05) is 0 Å². The summed E-state index contributed by atoms with van der Waals surface area (Å²) in [4.78, 5) is 7.26. The van der Waals surface area contributed by atoms with Crippen LogP contribution in [0.4, 0.5) is 0 Å². The molecule has 4 rings (SSSR count). The van der Waals surface area contributed by atoms with Crippen LogP contribution in [0.2, 0.25) is 0 Å². The van der Waals surface area contributed by atoms with Crippen molar-refractivity contribution in [3.63, 3.8) is 0 Å². The molecule has 1 aromatic carbocycles. The molecule has 4 heteroatoms. The molecule has 2 aromatic rings. The summed E-state index contributed by atoms with van der Waals surface area (Å²) in [5, 5.41) is 3.49. The first-order valence-electron chi connectivity index (χ1n) is 8.28.